The summed E-state index contributed by atoms with van der Waals surface area (Å²) < 4.78 is 1.82. The molecule has 3 aromatic rings. The standard InChI is InChI=1S/C15H13N3O2/c1-10-5-3-4-6-12(10)13-9-17-8-11(2)14(18(19)20)7-15(17)16-13/h3-9H,1-2H3. The molecule has 0 fully saturated rings. The van der Waals surface area contributed by atoms with Gasteiger partial charge in [0.1, 0.15) is 5.65 Å². The molecule has 0 bridgehead atoms. The lowest BCUT2D eigenvalue weighted by Crippen LogP contribution is -1.94. The van der Waals surface area contributed by atoms with Crippen molar-refractivity contribution in [1.82, 2.24) is 9.38 Å². The van der Waals surface area contributed by atoms with Crippen LogP contribution >= 0.6 is 0 Å². The highest BCUT2D eigenvalue weighted by molar-refractivity contribution is 5.67. The van der Waals surface area contributed by atoms with Gasteiger partial charge in [-0.3, -0.25) is 10.1 Å². The van der Waals surface area contributed by atoms with Crippen molar-refractivity contribution in [1.29, 1.82) is 0 Å². The first kappa shape index (κ1) is 12.3. The van der Waals surface area contributed by atoms with Crippen LogP contribution in [-0.4, -0.2) is 14.3 Å². The maximum Gasteiger partial charge on any atom is 0.277 e. The third kappa shape index (κ3) is 1.93. The van der Waals surface area contributed by atoms with Crippen LogP contribution in [0, 0.1) is 24.0 Å². The van der Waals surface area contributed by atoms with Crippen LogP contribution < -0.4 is 0 Å². The van der Waals surface area contributed by atoms with E-state index in [9.17, 15) is 10.1 Å². The molecule has 5 heteroatoms. The number of hydrogen-bond acceptors (Lipinski definition) is 3. The Kier molecular flexibility index (Phi) is 2.75. The number of hydrogen-bond donors (Lipinski definition) is 0. The second-order valence-corrected chi connectivity index (χ2v) is 4.81. The van der Waals surface area contributed by atoms with Gasteiger partial charge in [0.15, 0.2) is 0 Å². The van der Waals surface area contributed by atoms with E-state index in [0.717, 1.165) is 16.8 Å². The van der Waals surface area contributed by atoms with Crippen molar-refractivity contribution >= 4 is 11.3 Å². The lowest BCUT2D eigenvalue weighted by atomic mass is 10.1. The minimum Gasteiger partial charge on any atom is -0.306 e. The van der Waals surface area contributed by atoms with E-state index < -0.39 is 0 Å². The Morgan fingerprint density at radius 2 is 1.90 bits per heavy atom. The number of nitrogens with zero attached hydrogens (tertiary/aromatic N) is 3. The molecule has 5 nitrogen and oxygen atoms in total. The Morgan fingerprint density at radius 1 is 1.15 bits per heavy atom. The van der Waals surface area contributed by atoms with Gasteiger partial charge >= 0.3 is 0 Å². The van der Waals surface area contributed by atoms with Gasteiger partial charge in [-0.05, 0) is 19.4 Å². The van der Waals surface area contributed by atoms with E-state index in [-0.39, 0.29) is 10.6 Å². The Balaban J connectivity index is 2.21. The molecule has 2 heterocycles. The minimum atomic E-state index is -0.378. The smallest absolute Gasteiger partial charge is 0.277 e. The van der Waals surface area contributed by atoms with Crippen molar-refractivity contribution in [3.63, 3.8) is 0 Å². The van der Waals surface area contributed by atoms with Crippen LogP contribution in [0.3, 0.4) is 0 Å². The summed E-state index contributed by atoms with van der Waals surface area (Å²) in [6, 6.07) is 9.46. The molecule has 3 rings (SSSR count). The first-order valence-electron chi connectivity index (χ1n) is 6.26. The predicted molar refractivity (Wildman–Crippen MR) is 76.8 cm³/mol. The number of pyridine rings is 1. The van der Waals surface area contributed by atoms with E-state index in [0.29, 0.717) is 11.2 Å². The SMILES string of the molecule is Cc1ccccc1-c1cn2cc(C)c([N+](=O)[O-])cc2n1. The van der Waals surface area contributed by atoms with Crippen LogP contribution in [0.1, 0.15) is 11.1 Å². The van der Waals surface area contributed by atoms with Gasteiger partial charge in [0, 0.05) is 23.5 Å². The molecule has 20 heavy (non-hydrogen) atoms. The second-order valence-electron chi connectivity index (χ2n) is 4.81. The van der Waals surface area contributed by atoms with E-state index >= 15 is 0 Å². The van der Waals surface area contributed by atoms with E-state index in [1.54, 1.807) is 13.1 Å². The molecule has 0 aliphatic rings. The average Bonchev–Trinajstić information content (AvgIpc) is 2.80. The zero-order chi connectivity index (χ0) is 14.3. The fourth-order valence-corrected chi connectivity index (χ4v) is 2.32. The van der Waals surface area contributed by atoms with Gasteiger partial charge in [-0.1, -0.05) is 24.3 Å². The molecule has 0 saturated carbocycles. The maximum atomic E-state index is 11.0. The third-order valence-corrected chi connectivity index (χ3v) is 3.38. The Morgan fingerprint density at radius 3 is 2.60 bits per heavy atom. The minimum absolute atomic E-state index is 0.0967. The van der Waals surface area contributed by atoms with Gasteiger partial charge in [-0.25, -0.2) is 4.98 Å². The van der Waals surface area contributed by atoms with E-state index in [1.165, 1.54) is 6.07 Å². The Bertz CT molecular complexity index is 821. The van der Waals surface area contributed by atoms with Crippen LogP contribution in [0.5, 0.6) is 0 Å². The molecule has 0 radical (unpaired) electrons. The zero-order valence-corrected chi connectivity index (χ0v) is 11.2. The zero-order valence-electron chi connectivity index (χ0n) is 11.2. The van der Waals surface area contributed by atoms with Crippen LogP contribution in [-0.2, 0) is 0 Å². The third-order valence-electron chi connectivity index (χ3n) is 3.38. The van der Waals surface area contributed by atoms with Crippen molar-refractivity contribution in [3.8, 4) is 11.3 Å². The molecular formula is C15H13N3O2. The van der Waals surface area contributed by atoms with Gasteiger partial charge in [-0.15, -0.1) is 0 Å². The molecule has 0 aliphatic heterocycles. The molecular weight excluding hydrogens is 254 g/mol. The van der Waals surface area contributed by atoms with Gasteiger partial charge in [0.2, 0.25) is 0 Å². The second kappa shape index (κ2) is 4.45. The topological polar surface area (TPSA) is 60.4 Å². The molecule has 0 aliphatic carbocycles. The molecule has 0 atom stereocenters. The fourth-order valence-electron chi connectivity index (χ4n) is 2.32. The highest BCUT2D eigenvalue weighted by Crippen LogP contribution is 2.25. The van der Waals surface area contributed by atoms with Crippen molar-refractivity contribution in [2.75, 3.05) is 0 Å². The van der Waals surface area contributed by atoms with Crippen LogP contribution in [0.2, 0.25) is 0 Å². The molecule has 100 valence electrons. The van der Waals surface area contributed by atoms with Crippen molar-refractivity contribution in [2.45, 2.75) is 13.8 Å². The number of nitro groups is 1. The number of imidazole rings is 1. The lowest BCUT2D eigenvalue weighted by molar-refractivity contribution is -0.385. The number of benzene rings is 1. The molecule has 1 aromatic carbocycles. The fraction of sp³-hybridized carbons (Fsp3) is 0.133. The molecule has 0 amide bonds. The van der Waals surface area contributed by atoms with Crippen molar-refractivity contribution in [2.24, 2.45) is 0 Å². The van der Waals surface area contributed by atoms with Crippen LogP contribution in [0.15, 0.2) is 42.7 Å². The Labute approximate surface area is 115 Å². The maximum absolute atomic E-state index is 11.0. The summed E-state index contributed by atoms with van der Waals surface area (Å²) in [4.78, 5) is 15.1. The summed E-state index contributed by atoms with van der Waals surface area (Å²) in [5, 5.41) is 11.0. The molecule has 2 aromatic heterocycles. The number of aromatic nitrogens is 2. The van der Waals surface area contributed by atoms with Gasteiger partial charge in [0.25, 0.3) is 5.69 Å². The van der Waals surface area contributed by atoms with E-state index in [4.69, 9.17) is 0 Å². The molecule has 0 saturated heterocycles. The normalized spacial score (nSPS) is 10.9. The van der Waals surface area contributed by atoms with E-state index in [2.05, 4.69) is 4.98 Å². The summed E-state index contributed by atoms with van der Waals surface area (Å²) >= 11 is 0. The quantitative estimate of drug-likeness (QED) is 0.527. The average molecular weight is 267 g/mol. The lowest BCUT2D eigenvalue weighted by Gasteiger charge is -1.99. The van der Waals surface area contributed by atoms with Crippen molar-refractivity contribution < 1.29 is 4.92 Å². The van der Waals surface area contributed by atoms with Crippen LogP contribution in [0.4, 0.5) is 5.69 Å². The van der Waals surface area contributed by atoms with Gasteiger partial charge in [-0.2, -0.15) is 0 Å². The van der Waals surface area contributed by atoms with Gasteiger partial charge < -0.3 is 4.40 Å². The summed E-state index contributed by atoms with van der Waals surface area (Å²) in [6.07, 6.45) is 3.64. The largest absolute Gasteiger partial charge is 0.306 e. The highest BCUT2D eigenvalue weighted by Gasteiger charge is 2.14. The highest BCUT2D eigenvalue weighted by atomic mass is 16.6. The molecule has 0 unspecified atom stereocenters. The Hall–Kier alpha value is -2.69. The molecule has 0 spiro atoms. The van der Waals surface area contributed by atoms with Crippen LogP contribution in [0.25, 0.3) is 16.9 Å². The first-order valence-corrected chi connectivity index (χ1v) is 6.26. The number of rotatable bonds is 2. The monoisotopic (exact) mass is 267 g/mol. The van der Waals surface area contributed by atoms with E-state index in [1.807, 2.05) is 41.8 Å². The number of fused-ring (bicyclic) bond motifs is 1. The first-order chi connectivity index (χ1) is 9.56. The summed E-state index contributed by atoms with van der Waals surface area (Å²) in [5.41, 5.74) is 4.29. The molecule has 0 N–H and O–H groups in total. The summed E-state index contributed by atoms with van der Waals surface area (Å²) in [7, 11) is 0. The predicted octanol–water partition coefficient (Wildman–Crippen LogP) is 3.53. The number of aryl methyl sites for hydroxylation is 2. The summed E-state index contributed by atoms with van der Waals surface area (Å²) in [5.74, 6) is 0. The van der Waals surface area contributed by atoms with Gasteiger partial charge in [0.05, 0.1) is 16.7 Å². The summed E-state index contributed by atoms with van der Waals surface area (Å²) in [6.45, 7) is 3.75. The van der Waals surface area contributed by atoms with Crippen molar-refractivity contribution in [3.05, 3.63) is 64.0 Å².